The molecule has 132 valence electrons. The summed E-state index contributed by atoms with van der Waals surface area (Å²) in [6.45, 7) is 0. The van der Waals surface area contributed by atoms with Gasteiger partial charge in [0.25, 0.3) is 0 Å². The number of aromatic amines is 1. The molecule has 0 spiro atoms. The number of rotatable bonds is 3. The summed E-state index contributed by atoms with van der Waals surface area (Å²) in [7, 11) is 0. The van der Waals surface area contributed by atoms with Crippen molar-refractivity contribution in [3.05, 3.63) is 71.3 Å². The first kappa shape index (κ1) is 16.2. The van der Waals surface area contributed by atoms with Gasteiger partial charge in [0.15, 0.2) is 5.65 Å². The van der Waals surface area contributed by atoms with Gasteiger partial charge in [0.05, 0.1) is 23.1 Å². The molecule has 0 aliphatic carbocycles. The SMILES string of the molecule is Fc1ccc(-c2[nH]ncc2-c2cc(Cl)c3ncc(-c4nccs4)n3c2)cc1. The van der Waals surface area contributed by atoms with Crippen molar-refractivity contribution >= 4 is 28.6 Å². The van der Waals surface area contributed by atoms with Crippen LogP contribution in [0.25, 0.3) is 38.7 Å². The lowest BCUT2D eigenvalue weighted by Gasteiger charge is -2.07. The van der Waals surface area contributed by atoms with E-state index in [4.69, 9.17) is 11.6 Å². The number of thiazole rings is 1. The minimum absolute atomic E-state index is 0.282. The lowest BCUT2D eigenvalue weighted by atomic mass is 10.0. The summed E-state index contributed by atoms with van der Waals surface area (Å²) in [4.78, 5) is 8.78. The molecule has 0 fully saturated rings. The molecule has 0 aliphatic rings. The molecule has 5 rings (SSSR count). The molecule has 4 heterocycles. The van der Waals surface area contributed by atoms with Crippen LogP contribution in [0.4, 0.5) is 4.39 Å². The number of fused-ring (bicyclic) bond motifs is 1. The molecule has 1 N–H and O–H groups in total. The van der Waals surface area contributed by atoms with E-state index in [0.29, 0.717) is 10.7 Å². The van der Waals surface area contributed by atoms with Crippen molar-refractivity contribution in [2.45, 2.75) is 0 Å². The van der Waals surface area contributed by atoms with E-state index in [0.717, 1.165) is 33.1 Å². The summed E-state index contributed by atoms with van der Waals surface area (Å²) in [6, 6.07) is 8.13. The lowest BCUT2D eigenvalue weighted by molar-refractivity contribution is 0.628. The average Bonchev–Trinajstić information content (AvgIpc) is 3.42. The zero-order valence-corrected chi connectivity index (χ0v) is 15.3. The second-order valence-electron chi connectivity index (χ2n) is 5.92. The van der Waals surface area contributed by atoms with E-state index in [1.54, 1.807) is 30.7 Å². The number of nitrogens with one attached hydrogen (secondary N) is 1. The van der Waals surface area contributed by atoms with Gasteiger partial charge in [-0.05, 0) is 30.3 Å². The van der Waals surface area contributed by atoms with Gasteiger partial charge in [-0.25, -0.2) is 14.4 Å². The van der Waals surface area contributed by atoms with Gasteiger partial charge < -0.3 is 0 Å². The molecule has 0 saturated carbocycles. The third kappa shape index (κ3) is 2.72. The van der Waals surface area contributed by atoms with Gasteiger partial charge in [0.1, 0.15) is 16.5 Å². The molecule has 5 aromatic rings. The van der Waals surface area contributed by atoms with Gasteiger partial charge in [0.2, 0.25) is 0 Å². The number of hydrogen-bond acceptors (Lipinski definition) is 4. The number of imidazole rings is 1. The molecule has 0 unspecified atom stereocenters. The summed E-state index contributed by atoms with van der Waals surface area (Å²) < 4.78 is 15.2. The van der Waals surface area contributed by atoms with Crippen LogP contribution < -0.4 is 0 Å². The zero-order valence-electron chi connectivity index (χ0n) is 13.7. The van der Waals surface area contributed by atoms with Crippen LogP contribution in [0.5, 0.6) is 0 Å². The van der Waals surface area contributed by atoms with Crippen LogP contribution in [0.1, 0.15) is 0 Å². The molecule has 27 heavy (non-hydrogen) atoms. The number of H-pyrrole nitrogens is 1. The highest BCUT2D eigenvalue weighted by Crippen LogP contribution is 2.34. The average molecular weight is 396 g/mol. The molecule has 8 heteroatoms. The Morgan fingerprint density at radius 3 is 2.70 bits per heavy atom. The third-order valence-corrected chi connectivity index (χ3v) is 5.37. The molecule has 0 amide bonds. The highest BCUT2D eigenvalue weighted by molar-refractivity contribution is 7.13. The van der Waals surface area contributed by atoms with Crippen LogP contribution in [0, 0.1) is 5.82 Å². The van der Waals surface area contributed by atoms with Gasteiger partial charge >= 0.3 is 0 Å². The molecular weight excluding hydrogens is 385 g/mol. The Balaban J connectivity index is 1.70. The maximum atomic E-state index is 13.3. The van der Waals surface area contributed by atoms with Gasteiger partial charge in [-0.2, -0.15) is 5.10 Å². The highest BCUT2D eigenvalue weighted by Gasteiger charge is 2.16. The van der Waals surface area contributed by atoms with Crippen molar-refractivity contribution in [1.82, 2.24) is 24.6 Å². The van der Waals surface area contributed by atoms with E-state index in [1.807, 2.05) is 22.0 Å². The first-order valence-corrected chi connectivity index (χ1v) is 9.32. The summed E-state index contributed by atoms with van der Waals surface area (Å²) in [5, 5.41) is 10.5. The smallest absolute Gasteiger partial charge is 0.156 e. The van der Waals surface area contributed by atoms with Crippen molar-refractivity contribution in [3.63, 3.8) is 0 Å². The number of aromatic nitrogens is 5. The Hall–Kier alpha value is -3.03. The Kier molecular flexibility index (Phi) is 3.77. The Bertz CT molecular complexity index is 1240. The minimum Gasteiger partial charge on any atom is -0.296 e. The maximum Gasteiger partial charge on any atom is 0.156 e. The molecule has 0 bridgehead atoms. The topological polar surface area (TPSA) is 58.9 Å². The first-order valence-electron chi connectivity index (χ1n) is 8.07. The van der Waals surface area contributed by atoms with Gasteiger partial charge in [-0.3, -0.25) is 9.50 Å². The van der Waals surface area contributed by atoms with Crippen LogP contribution in [-0.4, -0.2) is 24.6 Å². The number of nitrogens with zero attached hydrogens (tertiary/aromatic N) is 4. The monoisotopic (exact) mass is 395 g/mol. The zero-order chi connectivity index (χ0) is 18.4. The van der Waals surface area contributed by atoms with Crippen molar-refractivity contribution < 1.29 is 4.39 Å². The second-order valence-corrected chi connectivity index (χ2v) is 7.22. The Labute approximate surface area is 162 Å². The summed E-state index contributed by atoms with van der Waals surface area (Å²) in [6.07, 6.45) is 7.21. The molecule has 0 atom stereocenters. The quantitative estimate of drug-likeness (QED) is 0.450. The first-order chi connectivity index (χ1) is 13.2. The largest absolute Gasteiger partial charge is 0.296 e. The van der Waals surface area contributed by atoms with E-state index in [2.05, 4.69) is 20.2 Å². The van der Waals surface area contributed by atoms with Crippen molar-refractivity contribution in [3.8, 4) is 33.1 Å². The molecule has 5 nitrogen and oxygen atoms in total. The molecule has 1 aromatic carbocycles. The van der Waals surface area contributed by atoms with Crippen LogP contribution in [0.2, 0.25) is 5.02 Å². The van der Waals surface area contributed by atoms with E-state index >= 15 is 0 Å². The minimum atomic E-state index is -0.282. The molecular formula is C19H11ClFN5S. The van der Waals surface area contributed by atoms with E-state index < -0.39 is 0 Å². The Morgan fingerprint density at radius 2 is 1.93 bits per heavy atom. The van der Waals surface area contributed by atoms with Crippen molar-refractivity contribution in [2.24, 2.45) is 0 Å². The lowest BCUT2D eigenvalue weighted by Crippen LogP contribution is -1.92. The molecule has 4 aromatic heterocycles. The van der Waals surface area contributed by atoms with Crippen LogP contribution >= 0.6 is 22.9 Å². The highest BCUT2D eigenvalue weighted by atomic mass is 35.5. The summed E-state index contributed by atoms with van der Waals surface area (Å²) >= 11 is 8.03. The van der Waals surface area contributed by atoms with Crippen molar-refractivity contribution in [2.75, 3.05) is 0 Å². The maximum absolute atomic E-state index is 13.3. The Morgan fingerprint density at radius 1 is 1.07 bits per heavy atom. The standard InChI is InChI=1S/C19H11ClFN5S/c20-15-7-12(10-26-16(9-23-18(15)26)19-22-5-6-27-19)14-8-24-25-17(14)11-1-3-13(21)4-2-11/h1-10H,(H,24,25). The third-order valence-electron chi connectivity index (χ3n) is 4.30. The molecule has 0 radical (unpaired) electrons. The van der Waals surface area contributed by atoms with E-state index in [1.165, 1.54) is 23.5 Å². The predicted octanol–water partition coefficient (Wildman–Crippen LogP) is 5.31. The molecule has 0 aliphatic heterocycles. The number of pyridine rings is 1. The number of benzene rings is 1. The number of hydrogen-bond donors (Lipinski definition) is 1. The van der Waals surface area contributed by atoms with Crippen LogP contribution in [0.3, 0.4) is 0 Å². The van der Waals surface area contributed by atoms with E-state index in [9.17, 15) is 4.39 Å². The normalized spacial score (nSPS) is 11.3. The number of halogens is 2. The van der Waals surface area contributed by atoms with Crippen molar-refractivity contribution in [1.29, 1.82) is 0 Å². The van der Waals surface area contributed by atoms with Gasteiger partial charge in [-0.15, -0.1) is 11.3 Å². The predicted molar refractivity (Wildman–Crippen MR) is 104 cm³/mol. The van der Waals surface area contributed by atoms with Gasteiger partial charge in [0, 0.05) is 34.5 Å². The summed E-state index contributed by atoms with van der Waals surface area (Å²) in [5.74, 6) is -0.282. The molecule has 0 saturated heterocycles. The van der Waals surface area contributed by atoms with Crippen LogP contribution in [-0.2, 0) is 0 Å². The fourth-order valence-corrected chi connectivity index (χ4v) is 3.94. The van der Waals surface area contributed by atoms with Crippen LogP contribution in [0.15, 0.2) is 60.5 Å². The summed E-state index contributed by atoms with van der Waals surface area (Å²) in [5.41, 5.74) is 4.90. The fourth-order valence-electron chi connectivity index (χ4n) is 3.04. The van der Waals surface area contributed by atoms with E-state index in [-0.39, 0.29) is 5.82 Å². The fraction of sp³-hybridized carbons (Fsp3) is 0. The van der Waals surface area contributed by atoms with Gasteiger partial charge in [-0.1, -0.05) is 11.6 Å². The second kappa shape index (κ2) is 6.29.